The lowest BCUT2D eigenvalue weighted by Crippen LogP contribution is -2.57. The van der Waals surface area contributed by atoms with Gasteiger partial charge in [0, 0.05) is 18.1 Å². The van der Waals surface area contributed by atoms with Crippen molar-refractivity contribution in [1.82, 2.24) is 4.90 Å². The zero-order valence-electron chi connectivity index (χ0n) is 6.26. The van der Waals surface area contributed by atoms with E-state index in [4.69, 9.17) is 6.42 Å². The van der Waals surface area contributed by atoms with Crippen molar-refractivity contribution in [3.05, 3.63) is 0 Å². The highest BCUT2D eigenvalue weighted by Gasteiger charge is 2.37. The lowest BCUT2D eigenvalue weighted by molar-refractivity contribution is 0.0316. The Bertz CT molecular complexity index is 135. The molecule has 1 heterocycles. The fourth-order valence-corrected chi connectivity index (χ4v) is 1.41. The zero-order valence-corrected chi connectivity index (χ0v) is 6.26. The summed E-state index contributed by atoms with van der Waals surface area (Å²) < 4.78 is 0. The molecule has 1 aliphatic rings. The molecule has 50 valence electrons. The third kappa shape index (κ3) is 0.702. The highest BCUT2D eigenvalue weighted by molar-refractivity contribution is 5.03. The Kier molecular flexibility index (Phi) is 1.40. The maximum atomic E-state index is 5.25. The van der Waals surface area contributed by atoms with Crippen LogP contribution in [0.3, 0.4) is 0 Å². The molecule has 9 heavy (non-hydrogen) atoms. The highest BCUT2D eigenvalue weighted by Crippen LogP contribution is 2.29. The van der Waals surface area contributed by atoms with Gasteiger partial charge < -0.3 is 4.90 Å². The Morgan fingerprint density at radius 3 is 1.89 bits per heavy atom. The summed E-state index contributed by atoms with van der Waals surface area (Å²) in [4.78, 5) is 2.06. The lowest BCUT2D eigenvalue weighted by atomic mass is 9.84. The van der Waals surface area contributed by atoms with E-state index in [1.54, 1.807) is 0 Å². The Hall–Kier alpha value is -0.640. The van der Waals surface area contributed by atoms with Gasteiger partial charge in [-0.15, -0.1) is 0 Å². The SMILES string of the molecule is C#CN1C(C)C(C)C1C. The van der Waals surface area contributed by atoms with Crippen molar-refractivity contribution in [1.29, 1.82) is 0 Å². The van der Waals surface area contributed by atoms with Crippen LogP contribution in [0.25, 0.3) is 0 Å². The minimum Gasteiger partial charge on any atom is -0.327 e. The second kappa shape index (κ2) is 1.95. The summed E-state index contributed by atoms with van der Waals surface area (Å²) in [6.45, 7) is 6.58. The monoisotopic (exact) mass is 123 g/mol. The van der Waals surface area contributed by atoms with Gasteiger partial charge in [0.2, 0.25) is 0 Å². The number of hydrogen-bond acceptors (Lipinski definition) is 1. The van der Waals surface area contributed by atoms with Crippen LogP contribution >= 0.6 is 0 Å². The first-order valence-electron chi connectivity index (χ1n) is 3.43. The van der Waals surface area contributed by atoms with Crippen LogP contribution in [0.4, 0.5) is 0 Å². The van der Waals surface area contributed by atoms with Crippen LogP contribution in [-0.2, 0) is 0 Å². The van der Waals surface area contributed by atoms with E-state index in [0.29, 0.717) is 12.1 Å². The van der Waals surface area contributed by atoms with E-state index in [1.165, 1.54) is 0 Å². The summed E-state index contributed by atoms with van der Waals surface area (Å²) in [6, 6.07) is 3.84. The molecule has 0 amide bonds. The molecule has 0 aromatic carbocycles. The zero-order chi connectivity index (χ0) is 7.02. The Morgan fingerprint density at radius 2 is 1.67 bits per heavy atom. The summed E-state index contributed by atoms with van der Waals surface area (Å²) in [5, 5.41) is 0. The molecule has 1 saturated heterocycles. The molecular formula is C8H13N. The summed E-state index contributed by atoms with van der Waals surface area (Å²) in [5.74, 6) is 0.765. The predicted octanol–water partition coefficient (Wildman–Crippen LogP) is 1.31. The molecule has 0 aromatic rings. The van der Waals surface area contributed by atoms with E-state index in [9.17, 15) is 0 Å². The summed E-state index contributed by atoms with van der Waals surface area (Å²) in [7, 11) is 0. The maximum Gasteiger partial charge on any atom is 0.0391 e. The second-order valence-corrected chi connectivity index (χ2v) is 2.88. The molecule has 1 nitrogen and oxygen atoms in total. The first-order chi connectivity index (χ1) is 4.18. The molecule has 0 saturated carbocycles. The topological polar surface area (TPSA) is 3.24 Å². The minimum atomic E-state index is 0.588. The molecule has 0 aliphatic carbocycles. The van der Waals surface area contributed by atoms with Crippen LogP contribution in [0, 0.1) is 18.4 Å². The molecule has 0 bridgehead atoms. The van der Waals surface area contributed by atoms with Crippen LogP contribution in [0.15, 0.2) is 0 Å². The van der Waals surface area contributed by atoms with E-state index in [-0.39, 0.29) is 0 Å². The molecule has 0 aromatic heterocycles. The average molecular weight is 123 g/mol. The fourth-order valence-electron chi connectivity index (χ4n) is 1.41. The molecule has 0 N–H and O–H groups in total. The first-order valence-corrected chi connectivity index (χ1v) is 3.43. The molecule has 1 rings (SSSR count). The first kappa shape index (κ1) is 6.48. The Morgan fingerprint density at radius 1 is 1.22 bits per heavy atom. The summed E-state index contributed by atoms with van der Waals surface area (Å²) in [5.41, 5.74) is 0. The number of rotatable bonds is 0. The van der Waals surface area contributed by atoms with Gasteiger partial charge in [0.25, 0.3) is 0 Å². The van der Waals surface area contributed by atoms with Gasteiger partial charge in [0.05, 0.1) is 0 Å². The Labute approximate surface area is 57.0 Å². The molecule has 1 fully saturated rings. The summed E-state index contributed by atoms with van der Waals surface area (Å²) in [6.07, 6.45) is 5.25. The van der Waals surface area contributed by atoms with E-state index in [0.717, 1.165) is 5.92 Å². The van der Waals surface area contributed by atoms with Crippen molar-refractivity contribution >= 4 is 0 Å². The van der Waals surface area contributed by atoms with Gasteiger partial charge in [0.15, 0.2) is 0 Å². The van der Waals surface area contributed by atoms with Crippen LogP contribution in [0.1, 0.15) is 20.8 Å². The quantitative estimate of drug-likeness (QED) is 0.439. The fraction of sp³-hybridized carbons (Fsp3) is 0.750. The second-order valence-electron chi connectivity index (χ2n) is 2.88. The van der Waals surface area contributed by atoms with Gasteiger partial charge in [-0.2, -0.15) is 0 Å². The van der Waals surface area contributed by atoms with Gasteiger partial charge in [-0.1, -0.05) is 13.3 Å². The third-order valence-corrected chi connectivity index (χ3v) is 2.55. The van der Waals surface area contributed by atoms with Gasteiger partial charge >= 0.3 is 0 Å². The van der Waals surface area contributed by atoms with Crippen molar-refractivity contribution < 1.29 is 0 Å². The molecule has 0 radical (unpaired) electrons. The van der Waals surface area contributed by atoms with Crippen molar-refractivity contribution in [3.63, 3.8) is 0 Å². The van der Waals surface area contributed by atoms with Crippen LogP contribution < -0.4 is 0 Å². The van der Waals surface area contributed by atoms with Crippen molar-refractivity contribution in [2.75, 3.05) is 0 Å². The number of likely N-dealkylation sites (tertiary alicyclic amines) is 1. The minimum absolute atomic E-state index is 0.588. The smallest absolute Gasteiger partial charge is 0.0391 e. The van der Waals surface area contributed by atoms with Crippen molar-refractivity contribution in [3.8, 4) is 12.5 Å². The molecule has 1 heteroatoms. The normalized spacial score (nSPS) is 41.6. The molecular weight excluding hydrogens is 110 g/mol. The van der Waals surface area contributed by atoms with E-state index < -0.39 is 0 Å². The molecule has 2 atom stereocenters. The number of nitrogens with zero attached hydrogens (tertiary/aromatic N) is 1. The third-order valence-electron chi connectivity index (χ3n) is 2.55. The highest BCUT2D eigenvalue weighted by atomic mass is 15.2. The number of hydrogen-bond donors (Lipinski definition) is 0. The van der Waals surface area contributed by atoms with Crippen molar-refractivity contribution in [2.24, 2.45) is 5.92 Å². The average Bonchev–Trinajstić information content (AvgIpc) is 1.89. The standard InChI is InChI=1S/C8H13N/c1-5-9-7(3)6(2)8(9)4/h1,6-8H,2-4H3. The van der Waals surface area contributed by atoms with Crippen LogP contribution in [0.5, 0.6) is 0 Å². The summed E-state index contributed by atoms with van der Waals surface area (Å²) >= 11 is 0. The Balaban J connectivity index is 2.53. The van der Waals surface area contributed by atoms with Crippen molar-refractivity contribution in [2.45, 2.75) is 32.9 Å². The van der Waals surface area contributed by atoms with Gasteiger partial charge in [-0.3, -0.25) is 0 Å². The molecule has 1 aliphatic heterocycles. The van der Waals surface area contributed by atoms with Gasteiger partial charge in [0.1, 0.15) is 0 Å². The van der Waals surface area contributed by atoms with E-state index in [2.05, 4.69) is 31.7 Å². The van der Waals surface area contributed by atoms with E-state index in [1.807, 2.05) is 0 Å². The maximum absolute atomic E-state index is 5.25. The van der Waals surface area contributed by atoms with Gasteiger partial charge in [-0.25, -0.2) is 0 Å². The largest absolute Gasteiger partial charge is 0.327 e. The lowest BCUT2D eigenvalue weighted by Gasteiger charge is -2.49. The van der Waals surface area contributed by atoms with Crippen LogP contribution in [0.2, 0.25) is 0 Å². The predicted molar refractivity (Wildman–Crippen MR) is 38.8 cm³/mol. The van der Waals surface area contributed by atoms with Crippen LogP contribution in [-0.4, -0.2) is 17.0 Å². The van der Waals surface area contributed by atoms with Gasteiger partial charge in [-0.05, 0) is 19.8 Å². The van der Waals surface area contributed by atoms with E-state index >= 15 is 0 Å². The number of terminal acetylenes is 1. The molecule has 0 spiro atoms. The molecule has 2 unspecified atom stereocenters.